The quantitative estimate of drug-likeness (QED) is 0.411. The standard InChI is InChI=1S/C31H35F6N3O3/c1-18-4-6-20(7-5-18)26-17-40(29(43)21-8-10-25(11-9-21)38-19(2)41)13-12-27(26)39(3)28(42)22-14-23(30(32,33)34)16-24(15-22)31(35,36)37/h4-7,14-16,21,25-27H,8-13,17H2,1-3H3,(H,38,41)/t21-,25-,26-,27+/m0/s1. The lowest BCUT2D eigenvalue weighted by Crippen LogP contribution is -2.53. The molecular formula is C31H35F6N3O3. The van der Waals surface area contributed by atoms with Crippen molar-refractivity contribution in [3.05, 3.63) is 70.3 Å². The third-order valence-corrected chi connectivity index (χ3v) is 8.53. The van der Waals surface area contributed by atoms with E-state index in [-0.39, 0.29) is 42.9 Å². The van der Waals surface area contributed by atoms with E-state index in [0.717, 1.165) is 11.1 Å². The van der Waals surface area contributed by atoms with Gasteiger partial charge in [-0.3, -0.25) is 14.4 Å². The number of benzene rings is 2. The van der Waals surface area contributed by atoms with Crippen LogP contribution >= 0.6 is 0 Å². The maximum Gasteiger partial charge on any atom is 0.416 e. The number of likely N-dealkylation sites (N-methyl/N-ethyl adjacent to an activating group) is 1. The normalized spacial score (nSPS) is 23.0. The van der Waals surface area contributed by atoms with Crippen molar-refractivity contribution >= 4 is 17.7 Å². The number of carbonyl (C=O) groups excluding carboxylic acids is 3. The van der Waals surface area contributed by atoms with Crippen molar-refractivity contribution in [2.24, 2.45) is 5.92 Å². The van der Waals surface area contributed by atoms with Crippen LogP contribution in [-0.4, -0.2) is 59.7 Å². The summed E-state index contributed by atoms with van der Waals surface area (Å²) in [4.78, 5) is 41.4. The molecule has 43 heavy (non-hydrogen) atoms. The molecule has 2 aromatic rings. The molecule has 2 atom stereocenters. The highest BCUT2D eigenvalue weighted by atomic mass is 19.4. The number of nitrogens with zero attached hydrogens (tertiary/aromatic N) is 2. The number of likely N-dealkylation sites (tertiary alicyclic amines) is 1. The number of rotatable bonds is 5. The fraction of sp³-hybridized carbons (Fsp3) is 0.516. The zero-order valence-corrected chi connectivity index (χ0v) is 24.2. The van der Waals surface area contributed by atoms with Crippen LogP contribution in [0.25, 0.3) is 0 Å². The predicted octanol–water partition coefficient (Wildman–Crippen LogP) is 6.18. The first-order valence-corrected chi connectivity index (χ1v) is 14.2. The second kappa shape index (κ2) is 12.6. The molecule has 0 aromatic heterocycles. The zero-order chi connectivity index (χ0) is 31.7. The fourth-order valence-corrected chi connectivity index (χ4v) is 6.21. The van der Waals surface area contributed by atoms with Crippen molar-refractivity contribution in [1.29, 1.82) is 0 Å². The topological polar surface area (TPSA) is 69.7 Å². The van der Waals surface area contributed by atoms with Gasteiger partial charge in [0.25, 0.3) is 5.91 Å². The highest BCUT2D eigenvalue weighted by Crippen LogP contribution is 2.38. The van der Waals surface area contributed by atoms with Crippen LogP contribution < -0.4 is 5.32 Å². The lowest BCUT2D eigenvalue weighted by Gasteiger charge is -2.44. The monoisotopic (exact) mass is 611 g/mol. The Morgan fingerprint density at radius 3 is 1.93 bits per heavy atom. The van der Waals surface area contributed by atoms with Crippen LogP contribution in [0.3, 0.4) is 0 Å². The fourth-order valence-electron chi connectivity index (χ4n) is 6.21. The molecule has 4 rings (SSSR count). The smallest absolute Gasteiger partial charge is 0.354 e. The number of alkyl halides is 6. The maximum absolute atomic E-state index is 13.6. The molecule has 1 heterocycles. The number of halogens is 6. The molecule has 1 N–H and O–H groups in total. The van der Waals surface area contributed by atoms with Gasteiger partial charge in [-0.25, -0.2) is 0 Å². The van der Waals surface area contributed by atoms with Gasteiger partial charge in [-0.15, -0.1) is 0 Å². The Balaban J connectivity index is 1.58. The van der Waals surface area contributed by atoms with E-state index >= 15 is 0 Å². The van der Waals surface area contributed by atoms with E-state index in [1.54, 1.807) is 4.90 Å². The van der Waals surface area contributed by atoms with Crippen LogP contribution in [0, 0.1) is 12.8 Å². The summed E-state index contributed by atoms with van der Waals surface area (Å²) in [5.74, 6) is -1.74. The largest absolute Gasteiger partial charge is 0.416 e. The van der Waals surface area contributed by atoms with Gasteiger partial charge in [-0.2, -0.15) is 26.3 Å². The molecule has 2 fully saturated rings. The SMILES string of the molecule is CC(=O)N[C@H]1CC[C@H](C(=O)N2CC[C@@H](N(C)C(=O)c3cc(C(F)(F)F)cc(C(F)(F)F)c3)[C@H](c3ccc(C)cc3)C2)CC1. The molecule has 0 unspecified atom stereocenters. The van der Waals surface area contributed by atoms with Gasteiger partial charge >= 0.3 is 12.4 Å². The number of hydrogen-bond acceptors (Lipinski definition) is 3. The van der Waals surface area contributed by atoms with Crippen LogP contribution in [0.1, 0.15) is 77.6 Å². The van der Waals surface area contributed by atoms with Crippen molar-refractivity contribution in [2.45, 2.75) is 76.3 Å². The lowest BCUT2D eigenvalue weighted by atomic mass is 9.82. The van der Waals surface area contributed by atoms with Gasteiger partial charge in [-0.05, 0) is 62.8 Å². The average molecular weight is 612 g/mol. The Morgan fingerprint density at radius 1 is 0.860 bits per heavy atom. The summed E-state index contributed by atoms with van der Waals surface area (Å²) in [6, 6.07) is 7.82. The Morgan fingerprint density at radius 2 is 1.42 bits per heavy atom. The van der Waals surface area contributed by atoms with E-state index in [1.807, 2.05) is 31.2 Å². The van der Waals surface area contributed by atoms with E-state index < -0.39 is 46.9 Å². The summed E-state index contributed by atoms with van der Waals surface area (Å²) in [6.07, 6.45) is -7.26. The van der Waals surface area contributed by atoms with E-state index in [9.17, 15) is 40.7 Å². The molecule has 1 aliphatic heterocycles. The van der Waals surface area contributed by atoms with Crippen LogP contribution in [0.15, 0.2) is 42.5 Å². The third-order valence-electron chi connectivity index (χ3n) is 8.53. The van der Waals surface area contributed by atoms with E-state index in [1.165, 1.54) is 18.9 Å². The van der Waals surface area contributed by atoms with Crippen LogP contribution in [0.5, 0.6) is 0 Å². The lowest BCUT2D eigenvalue weighted by molar-refractivity contribution is -0.143. The number of carbonyl (C=O) groups is 3. The molecule has 1 saturated heterocycles. The zero-order valence-electron chi connectivity index (χ0n) is 24.2. The third kappa shape index (κ3) is 7.69. The molecule has 12 heteroatoms. The molecule has 0 bridgehead atoms. The molecule has 3 amide bonds. The van der Waals surface area contributed by atoms with Gasteiger partial charge in [0.05, 0.1) is 11.1 Å². The molecule has 0 spiro atoms. The number of aryl methyl sites for hydroxylation is 1. The van der Waals surface area contributed by atoms with Crippen LogP contribution in [-0.2, 0) is 21.9 Å². The highest BCUT2D eigenvalue weighted by molar-refractivity contribution is 5.95. The average Bonchev–Trinajstić information content (AvgIpc) is 2.95. The van der Waals surface area contributed by atoms with Crippen LogP contribution in [0.4, 0.5) is 26.3 Å². The van der Waals surface area contributed by atoms with Gasteiger partial charge in [0, 0.05) is 56.5 Å². The maximum atomic E-state index is 13.6. The second-order valence-corrected chi connectivity index (χ2v) is 11.6. The number of hydrogen-bond donors (Lipinski definition) is 1. The highest BCUT2D eigenvalue weighted by Gasteiger charge is 2.41. The van der Waals surface area contributed by atoms with Crippen molar-refractivity contribution in [2.75, 3.05) is 20.1 Å². The minimum absolute atomic E-state index is 0.000366. The second-order valence-electron chi connectivity index (χ2n) is 11.6. The first kappa shape index (κ1) is 32.3. The minimum Gasteiger partial charge on any atom is -0.354 e. The van der Waals surface area contributed by atoms with E-state index in [0.29, 0.717) is 44.2 Å². The predicted molar refractivity (Wildman–Crippen MR) is 147 cm³/mol. The van der Waals surface area contributed by atoms with Gasteiger partial charge < -0.3 is 15.1 Å². The summed E-state index contributed by atoms with van der Waals surface area (Å²) < 4.78 is 80.8. The molecule has 1 saturated carbocycles. The summed E-state index contributed by atoms with van der Waals surface area (Å²) in [6.45, 7) is 3.88. The number of amides is 3. The van der Waals surface area contributed by atoms with Gasteiger partial charge in [0.15, 0.2) is 0 Å². The Bertz CT molecular complexity index is 1300. The molecule has 2 aliphatic rings. The van der Waals surface area contributed by atoms with Crippen molar-refractivity contribution in [3.63, 3.8) is 0 Å². The Hall–Kier alpha value is -3.57. The molecule has 234 valence electrons. The Kier molecular flexibility index (Phi) is 9.46. The summed E-state index contributed by atoms with van der Waals surface area (Å²) >= 11 is 0. The molecule has 2 aromatic carbocycles. The van der Waals surface area contributed by atoms with Crippen LogP contribution in [0.2, 0.25) is 0 Å². The van der Waals surface area contributed by atoms with E-state index in [4.69, 9.17) is 0 Å². The van der Waals surface area contributed by atoms with E-state index in [2.05, 4.69) is 5.32 Å². The first-order chi connectivity index (χ1) is 20.0. The molecule has 6 nitrogen and oxygen atoms in total. The minimum atomic E-state index is -5.08. The molecule has 0 radical (unpaired) electrons. The Labute approximate surface area is 246 Å². The first-order valence-electron chi connectivity index (χ1n) is 14.2. The summed E-state index contributed by atoms with van der Waals surface area (Å²) in [7, 11) is 1.38. The van der Waals surface area contributed by atoms with Gasteiger partial charge in [0.2, 0.25) is 11.8 Å². The molecule has 1 aliphatic carbocycles. The van der Waals surface area contributed by atoms with Crippen molar-refractivity contribution in [3.8, 4) is 0 Å². The van der Waals surface area contributed by atoms with Crippen molar-refractivity contribution < 1.29 is 40.7 Å². The van der Waals surface area contributed by atoms with Gasteiger partial charge in [0.1, 0.15) is 0 Å². The van der Waals surface area contributed by atoms with Crippen molar-refractivity contribution in [1.82, 2.24) is 15.1 Å². The summed E-state index contributed by atoms with van der Waals surface area (Å²) in [5, 5.41) is 2.89. The molecular weight excluding hydrogens is 576 g/mol. The summed E-state index contributed by atoms with van der Waals surface area (Å²) in [5.41, 5.74) is -2.03. The van der Waals surface area contributed by atoms with Gasteiger partial charge in [-0.1, -0.05) is 29.8 Å². The number of nitrogens with one attached hydrogen (secondary N) is 1. The number of piperidine rings is 1.